The SMILES string of the molecule is CNC(Cc1ccc(Br)cc1)c1cccc(OC(F)F)c1. The second kappa shape index (κ2) is 7.52. The second-order valence-electron chi connectivity index (χ2n) is 4.62. The molecule has 112 valence electrons. The zero-order chi connectivity index (χ0) is 15.2. The van der Waals surface area contributed by atoms with Gasteiger partial charge in [-0.3, -0.25) is 0 Å². The minimum atomic E-state index is -2.81. The molecule has 0 amide bonds. The quantitative estimate of drug-likeness (QED) is 0.820. The van der Waals surface area contributed by atoms with E-state index >= 15 is 0 Å². The Bertz CT molecular complexity index is 575. The highest BCUT2D eigenvalue weighted by atomic mass is 79.9. The summed E-state index contributed by atoms with van der Waals surface area (Å²) in [5.41, 5.74) is 2.08. The summed E-state index contributed by atoms with van der Waals surface area (Å²) in [5.74, 6) is 0.179. The van der Waals surface area contributed by atoms with E-state index in [1.807, 2.05) is 37.4 Å². The molecule has 0 heterocycles. The number of benzene rings is 2. The van der Waals surface area contributed by atoms with E-state index in [1.165, 1.54) is 6.07 Å². The van der Waals surface area contributed by atoms with Gasteiger partial charge in [-0.15, -0.1) is 0 Å². The van der Waals surface area contributed by atoms with Crippen molar-refractivity contribution in [2.75, 3.05) is 7.05 Å². The fourth-order valence-electron chi connectivity index (χ4n) is 2.15. The summed E-state index contributed by atoms with van der Waals surface area (Å²) in [4.78, 5) is 0. The van der Waals surface area contributed by atoms with Gasteiger partial charge in [0, 0.05) is 10.5 Å². The van der Waals surface area contributed by atoms with Gasteiger partial charge >= 0.3 is 6.61 Å². The van der Waals surface area contributed by atoms with Crippen LogP contribution in [-0.2, 0) is 6.42 Å². The molecule has 0 aliphatic heterocycles. The third kappa shape index (κ3) is 4.79. The lowest BCUT2D eigenvalue weighted by atomic mass is 9.99. The van der Waals surface area contributed by atoms with E-state index in [4.69, 9.17) is 0 Å². The maximum absolute atomic E-state index is 12.3. The topological polar surface area (TPSA) is 21.3 Å². The summed E-state index contributed by atoms with van der Waals surface area (Å²) in [6, 6.07) is 14.9. The highest BCUT2D eigenvalue weighted by molar-refractivity contribution is 9.10. The number of rotatable bonds is 6. The number of hydrogen-bond donors (Lipinski definition) is 1. The molecular weight excluding hydrogens is 340 g/mol. The summed E-state index contributed by atoms with van der Waals surface area (Å²) < 4.78 is 30.0. The molecule has 0 aromatic heterocycles. The van der Waals surface area contributed by atoms with Crippen molar-refractivity contribution in [1.29, 1.82) is 0 Å². The van der Waals surface area contributed by atoms with E-state index < -0.39 is 6.61 Å². The van der Waals surface area contributed by atoms with Gasteiger partial charge in [0.1, 0.15) is 5.75 Å². The molecule has 2 aromatic rings. The van der Waals surface area contributed by atoms with Crippen LogP contribution in [0.4, 0.5) is 8.78 Å². The molecule has 0 aliphatic carbocycles. The van der Waals surface area contributed by atoms with Gasteiger partial charge in [-0.25, -0.2) is 0 Å². The van der Waals surface area contributed by atoms with Gasteiger partial charge in [0.2, 0.25) is 0 Å². The predicted molar refractivity (Wildman–Crippen MR) is 82.7 cm³/mol. The lowest BCUT2D eigenvalue weighted by Gasteiger charge is -2.18. The van der Waals surface area contributed by atoms with Crippen molar-refractivity contribution in [3.63, 3.8) is 0 Å². The Balaban J connectivity index is 2.15. The van der Waals surface area contributed by atoms with Gasteiger partial charge in [0.25, 0.3) is 0 Å². The van der Waals surface area contributed by atoms with Crippen molar-refractivity contribution in [3.8, 4) is 5.75 Å². The minimum Gasteiger partial charge on any atom is -0.435 e. The van der Waals surface area contributed by atoms with Crippen LogP contribution in [0.15, 0.2) is 53.0 Å². The smallest absolute Gasteiger partial charge is 0.387 e. The summed E-state index contributed by atoms with van der Waals surface area (Å²) in [6.07, 6.45) is 0.766. The molecule has 21 heavy (non-hydrogen) atoms. The molecular formula is C16H16BrF2NO. The largest absolute Gasteiger partial charge is 0.435 e. The number of nitrogens with one attached hydrogen (secondary N) is 1. The van der Waals surface area contributed by atoms with E-state index in [0.29, 0.717) is 0 Å². The number of halogens is 3. The third-order valence-electron chi connectivity index (χ3n) is 3.19. The first-order valence-corrected chi connectivity index (χ1v) is 7.34. The fraction of sp³-hybridized carbons (Fsp3) is 0.250. The van der Waals surface area contributed by atoms with Crippen LogP contribution in [0.25, 0.3) is 0 Å². The van der Waals surface area contributed by atoms with Gasteiger partial charge < -0.3 is 10.1 Å². The summed E-state index contributed by atoms with van der Waals surface area (Å²) in [7, 11) is 1.85. The molecule has 0 saturated heterocycles. The molecule has 5 heteroatoms. The predicted octanol–water partition coefficient (Wildman–Crippen LogP) is 4.55. The normalized spacial score (nSPS) is 12.4. The molecule has 1 N–H and O–H groups in total. The molecule has 2 nitrogen and oxygen atoms in total. The summed E-state index contributed by atoms with van der Waals surface area (Å²) >= 11 is 3.40. The van der Waals surface area contributed by atoms with Crippen LogP contribution in [0.2, 0.25) is 0 Å². The molecule has 2 aromatic carbocycles. The standard InChI is InChI=1S/C16H16BrF2NO/c1-20-15(9-11-5-7-13(17)8-6-11)12-3-2-4-14(10-12)21-16(18)19/h2-8,10,15-16,20H,9H2,1H3. The zero-order valence-electron chi connectivity index (χ0n) is 11.5. The van der Waals surface area contributed by atoms with Gasteiger partial charge in [-0.05, 0) is 48.9 Å². The maximum atomic E-state index is 12.3. The molecule has 1 unspecified atom stereocenters. The average molecular weight is 356 g/mol. The Morgan fingerprint density at radius 3 is 2.48 bits per heavy atom. The van der Waals surface area contributed by atoms with E-state index in [2.05, 4.69) is 26.0 Å². The highest BCUT2D eigenvalue weighted by Gasteiger charge is 2.12. The van der Waals surface area contributed by atoms with Crippen LogP contribution in [0, 0.1) is 0 Å². The third-order valence-corrected chi connectivity index (χ3v) is 3.72. The lowest BCUT2D eigenvalue weighted by molar-refractivity contribution is -0.0499. The van der Waals surface area contributed by atoms with Crippen LogP contribution in [0.1, 0.15) is 17.2 Å². The van der Waals surface area contributed by atoms with Crippen LogP contribution < -0.4 is 10.1 Å². The summed E-state index contributed by atoms with van der Waals surface area (Å²) in [6.45, 7) is -2.81. The van der Waals surface area contributed by atoms with E-state index in [-0.39, 0.29) is 11.8 Å². The average Bonchev–Trinajstić information content (AvgIpc) is 2.46. The molecule has 2 rings (SSSR count). The van der Waals surface area contributed by atoms with Gasteiger partial charge in [0.15, 0.2) is 0 Å². The minimum absolute atomic E-state index is 0.0346. The van der Waals surface area contributed by atoms with Gasteiger partial charge in [-0.2, -0.15) is 8.78 Å². The van der Waals surface area contributed by atoms with Crippen molar-refractivity contribution < 1.29 is 13.5 Å². The fourth-order valence-corrected chi connectivity index (χ4v) is 2.41. The monoisotopic (exact) mass is 355 g/mol. The van der Waals surface area contributed by atoms with Crippen LogP contribution >= 0.6 is 15.9 Å². The van der Waals surface area contributed by atoms with E-state index in [9.17, 15) is 8.78 Å². The highest BCUT2D eigenvalue weighted by Crippen LogP contribution is 2.24. The van der Waals surface area contributed by atoms with Crippen molar-refractivity contribution in [2.24, 2.45) is 0 Å². The zero-order valence-corrected chi connectivity index (χ0v) is 13.1. The maximum Gasteiger partial charge on any atom is 0.387 e. The number of hydrogen-bond acceptors (Lipinski definition) is 2. The molecule has 0 fully saturated rings. The van der Waals surface area contributed by atoms with Crippen LogP contribution in [-0.4, -0.2) is 13.7 Å². The van der Waals surface area contributed by atoms with Crippen molar-refractivity contribution in [1.82, 2.24) is 5.32 Å². The first kappa shape index (κ1) is 15.9. The first-order valence-electron chi connectivity index (χ1n) is 6.55. The Labute approximate surface area is 131 Å². The van der Waals surface area contributed by atoms with Crippen molar-refractivity contribution in [2.45, 2.75) is 19.1 Å². The number of ether oxygens (including phenoxy) is 1. The Morgan fingerprint density at radius 2 is 1.86 bits per heavy atom. The molecule has 0 saturated carbocycles. The van der Waals surface area contributed by atoms with Crippen LogP contribution in [0.3, 0.4) is 0 Å². The van der Waals surface area contributed by atoms with Crippen molar-refractivity contribution >= 4 is 15.9 Å². The molecule has 0 radical (unpaired) electrons. The molecule has 0 aliphatic rings. The lowest BCUT2D eigenvalue weighted by Crippen LogP contribution is -2.19. The molecule has 0 bridgehead atoms. The second-order valence-corrected chi connectivity index (χ2v) is 5.54. The van der Waals surface area contributed by atoms with Crippen molar-refractivity contribution in [3.05, 3.63) is 64.1 Å². The molecule has 1 atom stereocenters. The number of likely N-dealkylation sites (N-methyl/N-ethyl adjacent to an activating group) is 1. The van der Waals surface area contributed by atoms with E-state index in [0.717, 1.165) is 22.0 Å². The molecule has 0 spiro atoms. The number of alkyl halides is 2. The Hall–Kier alpha value is -1.46. The van der Waals surface area contributed by atoms with Crippen LogP contribution in [0.5, 0.6) is 5.75 Å². The van der Waals surface area contributed by atoms with Gasteiger partial charge in [0.05, 0.1) is 0 Å². The Kier molecular flexibility index (Phi) is 5.70. The summed E-state index contributed by atoms with van der Waals surface area (Å²) in [5, 5.41) is 3.21. The van der Waals surface area contributed by atoms with Gasteiger partial charge in [-0.1, -0.05) is 40.2 Å². The van der Waals surface area contributed by atoms with E-state index in [1.54, 1.807) is 12.1 Å². The first-order chi connectivity index (χ1) is 10.1. The Morgan fingerprint density at radius 1 is 1.14 bits per heavy atom.